The maximum Gasteiger partial charge on any atom is 0.308 e. The molecule has 3 aromatic rings. The number of aryl methyl sites for hydroxylation is 1. The van der Waals surface area contributed by atoms with E-state index in [2.05, 4.69) is 4.72 Å². The van der Waals surface area contributed by atoms with Crippen molar-refractivity contribution >= 4 is 21.8 Å². The zero-order valence-electron chi connectivity index (χ0n) is 17.3. The average Bonchev–Trinajstić information content (AvgIpc) is 2.78. The first-order chi connectivity index (χ1) is 15.2. The van der Waals surface area contributed by atoms with E-state index in [0.29, 0.717) is 5.56 Å². The van der Waals surface area contributed by atoms with Crippen molar-refractivity contribution in [2.75, 3.05) is 6.61 Å². The van der Waals surface area contributed by atoms with Gasteiger partial charge in [0.2, 0.25) is 10.0 Å². The molecule has 0 aliphatic carbocycles. The van der Waals surface area contributed by atoms with Crippen molar-refractivity contribution in [3.05, 3.63) is 101 Å². The molecule has 0 unspecified atom stereocenters. The van der Waals surface area contributed by atoms with Crippen molar-refractivity contribution in [2.45, 2.75) is 24.3 Å². The summed E-state index contributed by atoms with van der Waals surface area (Å²) in [5.41, 5.74) is 1.70. The fourth-order valence-corrected chi connectivity index (χ4v) is 4.20. The standard InChI is InChI=1S/C24H22FNO5S/c1-17-7-13-21(14-8-17)32(29,30)26-22(18-5-3-2-4-6-18)15-24(28)31-16-23(27)19-9-11-20(25)12-10-19/h2-14,22,26H,15-16H2,1H3/t22-/m0/s1. The number of ketones is 1. The molecule has 0 aliphatic rings. The summed E-state index contributed by atoms with van der Waals surface area (Å²) < 4.78 is 46.3. The minimum absolute atomic E-state index is 0.0730. The molecule has 0 aromatic heterocycles. The van der Waals surface area contributed by atoms with Gasteiger partial charge >= 0.3 is 5.97 Å². The monoisotopic (exact) mass is 455 g/mol. The highest BCUT2D eigenvalue weighted by Gasteiger charge is 2.24. The second kappa shape index (κ2) is 10.3. The van der Waals surface area contributed by atoms with Crippen molar-refractivity contribution in [1.29, 1.82) is 0 Å². The van der Waals surface area contributed by atoms with Gasteiger partial charge in [-0.25, -0.2) is 17.5 Å². The van der Waals surface area contributed by atoms with Crippen molar-refractivity contribution in [1.82, 2.24) is 4.72 Å². The summed E-state index contributed by atoms with van der Waals surface area (Å²) in [6.07, 6.45) is -0.314. The fourth-order valence-electron chi connectivity index (χ4n) is 2.98. The van der Waals surface area contributed by atoms with Gasteiger partial charge < -0.3 is 4.74 Å². The fraction of sp³-hybridized carbons (Fsp3) is 0.167. The summed E-state index contributed by atoms with van der Waals surface area (Å²) in [4.78, 5) is 24.6. The summed E-state index contributed by atoms with van der Waals surface area (Å²) in [5.74, 6) is -1.72. The van der Waals surface area contributed by atoms with Crippen LogP contribution in [0.4, 0.5) is 4.39 Å². The van der Waals surface area contributed by atoms with Gasteiger partial charge in [-0.05, 0) is 48.9 Å². The largest absolute Gasteiger partial charge is 0.457 e. The van der Waals surface area contributed by atoms with Gasteiger partial charge in [0, 0.05) is 5.56 Å². The molecule has 0 heterocycles. The van der Waals surface area contributed by atoms with E-state index in [1.807, 2.05) is 6.92 Å². The summed E-state index contributed by atoms with van der Waals surface area (Å²) >= 11 is 0. The molecule has 0 saturated carbocycles. The minimum atomic E-state index is -3.91. The van der Waals surface area contributed by atoms with E-state index in [0.717, 1.165) is 17.7 Å². The maximum atomic E-state index is 13.0. The number of rotatable bonds is 9. The quantitative estimate of drug-likeness (QED) is 0.390. The van der Waals surface area contributed by atoms with Crippen LogP contribution in [0.3, 0.4) is 0 Å². The highest BCUT2D eigenvalue weighted by Crippen LogP contribution is 2.21. The molecule has 32 heavy (non-hydrogen) atoms. The number of halogens is 1. The number of hydrogen-bond donors (Lipinski definition) is 1. The highest BCUT2D eigenvalue weighted by atomic mass is 32.2. The third-order valence-corrected chi connectivity index (χ3v) is 6.22. The van der Waals surface area contributed by atoms with Crippen LogP contribution in [0.25, 0.3) is 0 Å². The van der Waals surface area contributed by atoms with Gasteiger partial charge in [-0.1, -0.05) is 48.0 Å². The van der Waals surface area contributed by atoms with Crippen LogP contribution in [-0.2, 0) is 19.6 Å². The van der Waals surface area contributed by atoms with Gasteiger partial charge in [0.1, 0.15) is 5.82 Å². The van der Waals surface area contributed by atoms with Gasteiger partial charge in [0.05, 0.1) is 17.4 Å². The van der Waals surface area contributed by atoms with Crippen molar-refractivity contribution in [3.63, 3.8) is 0 Å². The van der Waals surface area contributed by atoms with Crippen LogP contribution in [0.5, 0.6) is 0 Å². The summed E-state index contributed by atoms with van der Waals surface area (Å²) in [6.45, 7) is 1.32. The normalized spacial score (nSPS) is 12.2. The SMILES string of the molecule is Cc1ccc(S(=O)(=O)N[C@@H](CC(=O)OCC(=O)c2ccc(F)cc2)c2ccccc2)cc1. The third kappa shape index (κ3) is 6.32. The van der Waals surface area contributed by atoms with Crippen LogP contribution in [-0.4, -0.2) is 26.8 Å². The van der Waals surface area contributed by atoms with Crippen LogP contribution in [0.2, 0.25) is 0 Å². The number of hydrogen-bond acceptors (Lipinski definition) is 5. The second-order valence-electron chi connectivity index (χ2n) is 7.19. The van der Waals surface area contributed by atoms with Gasteiger partial charge in [0.15, 0.2) is 12.4 Å². The van der Waals surface area contributed by atoms with Crippen molar-refractivity contribution in [2.24, 2.45) is 0 Å². The first kappa shape index (κ1) is 23.3. The lowest BCUT2D eigenvalue weighted by Crippen LogP contribution is -2.31. The summed E-state index contributed by atoms with van der Waals surface area (Å²) in [6, 6.07) is 18.9. The summed E-state index contributed by atoms with van der Waals surface area (Å²) in [7, 11) is -3.91. The molecule has 6 nitrogen and oxygen atoms in total. The van der Waals surface area contributed by atoms with E-state index in [9.17, 15) is 22.4 Å². The van der Waals surface area contributed by atoms with Gasteiger partial charge in [-0.2, -0.15) is 0 Å². The lowest BCUT2D eigenvalue weighted by molar-refractivity contribution is -0.143. The zero-order chi connectivity index (χ0) is 23.1. The van der Waals surface area contributed by atoms with Crippen LogP contribution in [0.15, 0.2) is 83.8 Å². The van der Waals surface area contributed by atoms with E-state index in [4.69, 9.17) is 4.74 Å². The van der Waals surface area contributed by atoms with E-state index in [-0.39, 0.29) is 16.9 Å². The second-order valence-corrected chi connectivity index (χ2v) is 8.91. The Morgan fingerprint density at radius 3 is 2.19 bits per heavy atom. The molecule has 3 rings (SSSR count). The number of ether oxygens (including phenoxy) is 1. The molecule has 8 heteroatoms. The highest BCUT2D eigenvalue weighted by molar-refractivity contribution is 7.89. The van der Waals surface area contributed by atoms with Crippen LogP contribution in [0.1, 0.15) is 33.9 Å². The lowest BCUT2D eigenvalue weighted by Gasteiger charge is -2.19. The summed E-state index contributed by atoms with van der Waals surface area (Å²) in [5, 5.41) is 0. The van der Waals surface area contributed by atoms with Crippen LogP contribution >= 0.6 is 0 Å². The Bertz CT molecular complexity index is 1180. The number of sulfonamides is 1. The maximum absolute atomic E-state index is 13.0. The average molecular weight is 456 g/mol. The van der Waals surface area contributed by atoms with E-state index in [1.165, 1.54) is 24.3 Å². The molecule has 0 amide bonds. The Hall–Kier alpha value is -3.36. The number of nitrogens with one attached hydrogen (secondary N) is 1. The van der Waals surface area contributed by atoms with Gasteiger partial charge in [-0.3, -0.25) is 9.59 Å². The lowest BCUT2D eigenvalue weighted by atomic mass is 10.1. The Morgan fingerprint density at radius 2 is 1.56 bits per heavy atom. The number of carbonyl (C=O) groups is 2. The Balaban J connectivity index is 1.70. The Labute approximate surface area is 186 Å². The molecule has 1 N–H and O–H groups in total. The van der Waals surface area contributed by atoms with Crippen molar-refractivity contribution in [3.8, 4) is 0 Å². The van der Waals surface area contributed by atoms with E-state index < -0.39 is 40.2 Å². The first-order valence-corrected chi connectivity index (χ1v) is 11.3. The predicted octanol–water partition coefficient (Wildman–Crippen LogP) is 3.97. The predicted molar refractivity (Wildman–Crippen MR) is 117 cm³/mol. The number of esters is 1. The van der Waals surface area contributed by atoms with Crippen LogP contribution < -0.4 is 4.72 Å². The van der Waals surface area contributed by atoms with E-state index >= 15 is 0 Å². The van der Waals surface area contributed by atoms with Gasteiger partial charge in [0.25, 0.3) is 0 Å². The third-order valence-electron chi connectivity index (χ3n) is 4.73. The molecule has 0 fully saturated rings. The molecule has 3 aromatic carbocycles. The number of carbonyl (C=O) groups excluding carboxylic acids is 2. The smallest absolute Gasteiger partial charge is 0.308 e. The minimum Gasteiger partial charge on any atom is -0.457 e. The molecule has 0 aliphatic heterocycles. The van der Waals surface area contributed by atoms with E-state index in [1.54, 1.807) is 42.5 Å². The van der Waals surface area contributed by atoms with Gasteiger partial charge in [-0.15, -0.1) is 0 Å². The van der Waals surface area contributed by atoms with Crippen LogP contribution in [0, 0.1) is 12.7 Å². The first-order valence-electron chi connectivity index (χ1n) is 9.83. The molecular formula is C24H22FNO5S. The Morgan fingerprint density at radius 1 is 0.938 bits per heavy atom. The molecule has 0 radical (unpaired) electrons. The molecule has 1 atom stereocenters. The number of benzene rings is 3. The zero-order valence-corrected chi connectivity index (χ0v) is 18.1. The molecule has 166 valence electrons. The topological polar surface area (TPSA) is 89.5 Å². The molecule has 0 bridgehead atoms. The number of Topliss-reactive ketones (excluding diaryl/α,β-unsaturated/α-hetero) is 1. The molecule has 0 spiro atoms. The Kier molecular flexibility index (Phi) is 7.50. The van der Waals surface area contributed by atoms with Crippen molar-refractivity contribution < 1.29 is 27.1 Å². The molecule has 0 saturated heterocycles. The molecular weight excluding hydrogens is 433 g/mol.